The van der Waals surface area contributed by atoms with Gasteiger partial charge in [-0.3, -0.25) is 4.79 Å². The Morgan fingerprint density at radius 3 is 2.76 bits per heavy atom. The molecule has 0 aromatic heterocycles. The van der Waals surface area contributed by atoms with Gasteiger partial charge in [0.15, 0.2) is 0 Å². The van der Waals surface area contributed by atoms with Crippen LogP contribution in [0.25, 0.3) is 0 Å². The van der Waals surface area contributed by atoms with Crippen LogP contribution in [0, 0.1) is 0 Å². The SMILES string of the molecule is C=CCN(CC(=O)NCCc1cccc(Cl)c1)S(C)(=O)=O. The molecule has 5 nitrogen and oxygen atoms in total. The van der Waals surface area contributed by atoms with Crippen molar-refractivity contribution in [2.24, 2.45) is 0 Å². The number of carbonyl (C=O) groups is 1. The zero-order valence-corrected chi connectivity index (χ0v) is 13.5. The quantitative estimate of drug-likeness (QED) is 0.734. The maximum Gasteiger partial charge on any atom is 0.235 e. The Bertz CT molecular complexity index is 602. The molecule has 0 unspecified atom stereocenters. The van der Waals surface area contributed by atoms with Crippen LogP contribution in [0.1, 0.15) is 5.56 Å². The zero-order chi connectivity index (χ0) is 15.9. The largest absolute Gasteiger partial charge is 0.355 e. The number of hydrogen-bond acceptors (Lipinski definition) is 3. The summed E-state index contributed by atoms with van der Waals surface area (Å²) in [7, 11) is -3.42. The first-order valence-electron chi connectivity index (χ1n) is 6.40. The van der Waals surface area contributed by atoms with E-state index in [1.807, 2.05) is 18.2 Å². The lowest BCUT2D eigenvalue weighted by atomic mass is 10.1. The van der Waals surface area contributed by atoms with Crippen molar-refractivity contribution < 1.29 is 13.2 Å². The minimum absolute atomic E-state index is 0.112. The van der Waals surface area contributed by atoms with Crippen molar-refractivity contribution in [2.75, 3.05) is 25.9 Å². The Hall–Kier alpha value is -1.37. The molecule has 0 aliphatic heterocycles. The van der Waals surface area contributed by atoms with Crippen molar-refractivity contribution in [1.82, 2.24) is 9.62 Å². The third kappa shape index (κ3) is 6.75. The highest BCUT2D eigenvalue weighted by molar-refractivity contribution is 7.88. The third-order valence-corrected chi connectivity index (χ3v) is 4.20. The number of rotatable bonds is 8. The number of amides is 1. The van der Waals surface area contributed by atoms with Crippen molar-refractivity contribution in [2.45, 2.75) is 6.42 Å². The summed E-state index contributed by atoms with van der Waals surface area (Å²) in [4.78, 5) is 11.8. The maximum atomic E-state index is 11.8. The van der Waals surface area contributed by atoms with Crippen LogP contribution in [0.3, 0.4) is 0 Å². The number of nitrogens with zero attached hydrogens (tertiary/aromatic N) is 1. The second-order valence-electron chi connectivity index (χ2n) is 4.57. The van der Waals surface area contributed by atoms with E-state index in [2.05, 4.69) is 11.9 Å². The fourth-order valence-electron chi connectivity index (χ4n) is 1.72. The molecule has 0 saturated carbocycles. The van der Waals surface area contributed by atoms with E-state index >= 15 is 0 Å². The summed E-state index contributed by atoms with van der Waals surface area (Å²) in [6.07, 6.45) is 3.14. The molecular weight excluding hydrogens is 312 g/mol. The Morgan fingerprint density at radius 1 is 1.48 bits per heavy atom. The minimum Gasteiger partial charge on any atom is -0.355 e. The number of hydrogen-bond donors (Lipinski definition) is 1. The van der Waals surface area contributed by atoms with Crippen LogP contribution in [-0.2, 0) is 21.2 Å². The molecule has 1 aromatic rings. The Labute approximate surface area is 130 Å². The summed E-state index contributed by atoms with van der Waals surface area (Å²) in [5.41, 5.74) is 1.01. The number of carbonyl (C=O) groups excluding carboxylic acids is 1. The summed E-state index contributed by atoms with van der Waals surface area (Å²) in [6.45, 7) is 3.81. The summed E-state index contributed by atoms with van der Waals surface area (Å²) < 4.78 is 24.0. The number of sulfonamides is 1. The molecule has 21 heavy (non-hydrogen) atoms. The van der Waals surface area contributed by atoms with Crippen molar-refractivity contribution in [1.29, 1.82) is 0 Å². The van der Waals surface area contributed by atoms with Gasteiger partial charge in [0.25, 0.3) is 0 Å². The molecule has 0 fully saturated rings. The van der Waals surface area contributed by atoms with Gasteiger partial charge in [0, 0.05) is 18.1 Å². The van der Waals surface area contributed by atoms with Gasteiger partial charge in [-0.25, -0.2) is 8.42 Å². The molecular formula is C14H19ClN2O3S. The predicted octanol–water partition coefficient (Wildman–Crippen LogP) is 1.45. The van der Waals surface area contributed by atoms with Crippen LogP contribution in [-0.4, -0.2) is 44.5 Å². The molecule has 0 aliphatic rings. The second-order valence-corrected chi connectivity index (χ2v) is 6.99. The van der Waals surface area contributed by atoms with Gasteiger partial charge < -0.3 is 5.32 Å². The topological polar surface area (TPSA) is 66.5 Å². The van der Waals surface area contributed by atoms with E-state index in [1.165, 1.54) is 6.08 Å². The molecule has 0 bridgehead atoms. The number of benzene rings is 1. The molecule has 0 heterocycles. The Kier molecular flexibility index (Phi) is 6.87. The van der Waals surface area contributed by atoms with E-state index in [-0.39, 0.29) is 19.0 Å². The first-order valence-corrected chi connectivity index (χ1v) is 8.62. The van der Waals surface area contributed by atoms with E-state index in [0.717, 1.165) is 16.1 Å². The smallest absolute Gasteiger partial charge is 0.235 e. The molecule has 0 saturated heterocycles. The molecule has 0 aliphatic carbocycles. The number of halogens is 1. The van der Waals surface area contributed by atoms with Crippen LogP contribution < -0.4 is 5.32 Å². The predicted molar refractivity (Wildman–Crippen MR) is 84.8 cm³/mol. The Balaban J connectivity index is 2.45. The highest BCUT2D eigenvalue weighted by atomic mass is 35.5. The van der Waals surface area contributed by atoms with Crippen LogP contribution in [0.15, 0.2) is 36.9 Å². The van der Waals surface area contributed by atoms with E-state index < -0.39 is 10.0 Å². The van der Waals surface area contributed by atoms with Gasteiger partial charge in [0.05, 0.1) is 12.8 Å². The zero-order valence-electron chi connectivity index (χ0n) is 11.9. The first-order chi connectivity index (χ1) is 9.82. The van der Waals surface area contributed by atoms with Gasteiger partial charge in [0.1, 0.15) is 0 Å². The molecule has 116 valence electrons. The van der Waals surface area contributed by atoms with E-state index in [9.17, 15) is 13.2 Å². The molecule has 0 radical (unpaired) electrons. The van der Waals surface area contributed by atoms with Gasteiger partial charge in [-0.2, -0.15) is 4.31 Å². The van der Waals surface area contributed by atoms with Gasteiger partial charge in [-0.1, -0.05) is 29.8 Å². The lowest BCUT2D eigenvalue weighted by Crippen LogP contribution is -2.40. The minimum atomic E-state index is -3.42. The Morgan fingerprint density at radius 2 is 2.19 bits per heavy atom. The van der Waals surface area contributed by atoms with E-state index in [1.54, 1.807) is 6.07 Å². The average molecular weight is 331 g/mol. The highest BCUT2D eigenvalue weighted by Gasteiger charge is 2.18. The lowest BCUT2D eigenvalue weighted by Gasteiger charge is -2.17. The molecule has 1 aromatic carbocycles. The van der Waals surface area contributed by atoms with Crippen molar-refractivity contribution in [3.63, 3.8) is 0 Å². The van der Waals surface area contributed by atoms with Crippen LogP contribution in [0.5, 0.6) is 0 Å². The summed E-state index contributed by atoms with van der Waals surface area (Å²) in [6, 6.07) is 7.37. The summed E-state index contributed by atoms with van der Waals surface area (Å²) >= 11 is 5.87. The lowest BCUT2D eigenvalue weighted by molar-refractivity contribution is -0.121. The summed E-state index contributed by atoms with van der Waals surface area (Å²) in [5, 5.41) is 3.34. The average Bonchev–Trinajstić information content (AvgIpc) is 2.37. The normalized spacial score (nSPS) is 11.4. The van der Waals surface area contributed by atoms with E-state index in [0.29, 0.717) is 18.0 Å². The second kappa shape index (κ2) is 8.17. The maximum absolute atomic E-state index is 11.8. The van der Waals surface area contributed by atoms with Gasteiger partial charge >= 0.3 is 0 Å². The van der Waals surface area contributed by atoms with Crippen molar-refractivity contribution in [3.05, 3.63) is 47.5 Å². The standard InChI is InChI=1S/C14H19ClN2O3S/c1-3-9-17(21(2,19)20)11-14(18)16-8-7-12-5-4-6-13(15)10-12/h3-6,10H,1,7-9,11H2,2H3,(H,16,18). The fraction of sp³-hybridized carbons (Fsp3) is 0.357. The molecule has 0 atom stereocenters. The van der Waals surface area contributed by atoms with Gasteiger partial charge in [-0.15, -0.1) is 6.58 Å². The number of nitrogens with one attached hydrogen (secondary N) is 1. The molecule has 1 amide bonds. The monoisotopic (exact) mass is 330 g/mol. The van der Waals surface area contributed by atoms with Crippen LogP contribution in [0.4, 0.5) is 0 Å². The molecule has 0 spiro atoms. The third-order valence-electron chi connectivity index (χ3n) is 2.75. The highest BCUT2D eigenvalue weighted by Crippen LogP contribution is 2.10. The fourth-order valence-corrected chi connectivity index (χ4v) is 2.66. The van der Waals surface area contributed by atoms with Gasteiger partial charge in [0.2, 0.25) is 15.9 Å². The summed E-state index contributed by atoms with van der Waals surface area (Å²) in [5.74, 6) is -0.343. The van der Waals surface area contributed by atoms with E-state index in [4.69, 9.17) is 11.6 Å². The first kappa shape index (κ1) is 17.7. The molecule has 1 N–H and O–H groups in total. The molecule has 7 heteroatoms. The van der Waals surface area contributed by atoms with Crippen LogP contribution >= 0.6 is 11.6 Å². The van der Waals surface area contributed by atoms with Crippen molar-refractivity contribution >= 4 is 27.5 Å². The van der Waals surface area contributed by atoms with Gasteiger partial charge in [-0.05, 0) is 24.1 Å². The van der Waals surface area contributed by atoms with Crippen molar-refractivity contribution in [3.8, 4) is 0 Å². The molecule has 1 rings (SSSR count). The van der Waals surface area contributed by atoms with Crippen LogP contribution in [0.2, 0.25) is 5.02 Å².